The lowest BCUT2D eigenvalue weighted by molar-refractivity contribution is 0.102. The molecule has 1 aromatic heterocycles. The van der Waals surface area contributed by atoms with Crippen LogP contribution in [0.4, 0.5) is 17.2 Å². The third kappa shape index (κ3) is 4.52. The van der Waals surface area contributed by atoms with Crippen molar-refractivity contribution in [3.05, 3.63) is 65.9 Å². The highest BCUT2D eigenvalue weighted by atomic mass is 16.5. The Balaban J connectivity index is 1.72. The Morgan fingerprint density at radius 1 is 0.963 bits per heavy atom. The molecule has 0 saturated carbocycles. The van der Waals surface area contributed by atoms with Crippen LogP contribution in [0, 0.1) is 6.92 Å². The van der Waals surface area contributed by atoms with E-state index < -0.39 is 5.91 Å². The van der Waals surface area contributed by atoms with Crippen LogP contribution in [-0.2, 0) is 0 Å². The number of methoxy groups -OCH3 is 2. The first-order valence-electron chi connectivity index (χ1n) is 8.30. The third-order valence-corrected chi connectivity index (χ3v) is 3.84. The maximum absolute atomic E-state index is 12.5. The summed E-state index contributed by atoms with van der Waals surface area (Å²) in [6.45, 7) is 2.01. The second-order valence-corrected chi connectivity index (χ2v) is 5.82. The summed E-state index contributed by atoms with van der Waals surface area (Å²) in [5.41, 5.74) is 2.72. The van der Waals surface area contributed by atoms with Gasteiger partial charge in [0.05, 0.1) is 19.9 Å². The van der Waals surface area contributed by atoms with Crippen molar-refractivity contribution in [3.63, 3.8) is 0 Å². The molecule has 3 rings (SSSR count). The lowest BCUT2D eigenvalue weighted by atomic mass is 10.2. The van der Waals surface area contributed by atoms with Crippen molar-refractivity contribution >= 4 is 23.1 Å². The molecule has 1 heterocycles. The van der Waals surface area contributed by atoms with E-state index in [0.29, 0.717) is 23.0 Å². The van der Waals surface area contributed by atoms with Gasteiger partial charge >= 0.3 is 0 Å². The first-order valence-corrected chi connectivity index (χ1v) is 8.30. The number of hydrogen-bond acceptors (Lipinski definition) is 6. The van der Waals surface area contributed by atoms with Gasteiger partial charge in [-0.25, -0.2) is 0 Å². The molecule has 3 aromatic rings. The van der Waals surface area contributed by atoms with Crippen LogP contribution in [0.3, 0.4) is 0 Å². The van der Waals surface area contributed by atoms with Gasteiger partial charge in [-0.05, 0) is 48.9 Å². The maximum atomic E-state index is 12.5. The number of aryl methyl sites for hydroxylation is 1. The molecule has 0 saturated heterocycles. The third-order valence-electron chi connectivity index (χ3n) is 3.84. The zero-order valence-electron chi connectivity index (χ0n) is 15.3. The van der Waals surface area contributed by atoms with Gasteiger partial charge in [0.2, 0.25) is 0 Å². The van der Waals surface area contributed by atoms with Crippen LogP contribution in [0.15, 0.2) is 54.6 Å². The van der Waals surface area contributed by atoms with E-state index in [1.165, 1.54) is 7.11 Å². The molecule has 0 aliphatic carbocycles. The number of carbonyl (C=O) groups excluding carboxylic acids is 1. The molecule has 0 bridgehead atoms. The van der Waals surface area contributed by atoms with Crippen molar-refractivity contribution in [2.45, 2.75) is 6.92 Å². The summed E-state index contributed by atoms with van der Waals surface area (Å²) in [5.74, 6) is 1.29. The fraction of sp³-hybridized carbons (Fsp3) is 0.150. The summed E-state index contributed by atoms with van der Waals surface area (Å²) in [7, 11) is 3.09. The highest BCUT2D eigenvalue weighted by Crippen LogP contribution is 2.29. The van der Waals surface area contributed by atoms with E-state index in [-0.39, 0.29) is 5.69 Å². The van der Waals surface area contributed by atoms with Gasteiger partial charge in [0, 0.05) is 11.8 Å². The molecule has 0 atom stereocenters. The zero-order chi connectivity index (χ0) is 19.2. The Bertz CT molecular complexity index is 942. The smallest absolute Gasteiger partial charge is 0.276 e. The first kappa shape index (κ1) is 18.2. The standard InChI is InChI=1S/C20H20N4O3/c1-13-5-4-6-14(11-13)21-19-10-8-16(23-24-19)20(25)22-17-12-15(26-2)7-9-18(17)27-3/h4-12H,1-3H3,(H,21,24)(H,22,25). The molecule has 0 spiro atoms. The average Bonchev–Trinajstić information content (AvgIpc) is 2.68. The Morgan fingerprint density at radius 3 is 2.48 bits per heavy atom. The fourth-order valence-corrected chi connectivity index (χ4v) is 2.49. The van der Waals surface area contributed by atoms with Crippen LogP contribution >= 0.6 is 0 Å². The van der Waals surface area contributed by atoms with E-state index in [9.17, 15) is 4.79 Å². The second kappa shape index (κ2) is 8.18. The van der Waals surface area contributed by atoms with Crippen molar-refractivity contribution in [1.82, 2.24) is 10.2 Å². The molecule has 0 unspecified atom stereocenters. The molecule has 1 amide bonds. The van der Waals surface area contributed by atoms with E-state index in [2.05, 4.69) is 20.8 Å². The van der Waals surface area contributed by atoms with E-state index >= 15 is 0 Å². The highest BCUT2D eigenvalue weighted by Gasteiger charge is 2.13. The predicted octanol–water partition coefficient (Wildman–Crippen LogP) is 3.80. The molecule has 7 nitrogen and oxygen atoms in total. The van der Waals surface area contributed by atoms with E-state index in [1.807, 2.05) is 31.2 Å². The molecule has 2 N–H and O–H groups in total. The molecule has 7 heteroatoms. The van der Waals surface area contributed by atoms with Gasteiger partial charge in [-0.3, -0.25) is 4.79 Å². The number of nitrogens with one attached hydrogen (secondary N) is 2. The molecule has 27 heavy (non-hydrogen) atoms. The van der Waals surface area contributed by atoms with E-state index in [4.69, 9.17) is 9.47 Å². The topological polar surface area (TPSA) is 85.4 Å². The van der Waals surface area contributed by atoms with Crippen LogP contribution < -0.4 is 20.1 Å². The van der Waals surface area contributed by atoms with Gasteiger partial charge in [-0.15, -0.1) is 10.2 Å². The molecule has 0 aliphatic rings. The predicted molar refractivity (Wildman–Crippen MR) is 104 cm³/mol. The van der Waals surface area contributed by atoms with E-state index in [1.54, 1.807) is 37.4 Å². The number of rotatable bonds is 6. The van der Waals surface area contributed by atoms with Crippen molar-refractivity contribution in [3.8, 4) is 11.5 Å². The normalized spacial score (nSPS) is 10.2. The van der Waals surface area contributed by atoms with Crippen molar-refractivity contribution in [2.75, 3.05) is 24.9 Å². The molecule has 2 aromatic carbocycles. The maximum Gasteiger partial charge on any atom is 0.276 e. The number of amides is 1. The van der Waals surface area contributed by atoms with Gasteiger partial charge in [0.25, 0.3) is 5.91 Å². The Labute approximate surface area is 157 Å². The van der Waals surface area contributed by atoms with Crippen molar-refractivity contribution in [2.24, 2.45) is 0 Å². The number of nitrogens with zero attached hydrogens (tertiary/aromatic N) is 2. The summed E-state index contributed by atoms with van der Waals surface area (Å²) < 4.78 is 10.4. The summed E-state index contributed by atoms with van der Waals surface area (Å²) in [5, 5.41) is 14.0. The molecular weight excluding hydrogens is 344 g/mol. The lowest BCUT2D eigenvalue weighted by Crippen LogP contribution is -2.15. The minimum atomic E-state index is -0.392. The highest BCUT2D eigenvalue weighted by molar-refractivity contribution is 6.03. The van der Waals surface area contributed by atoms with Crippen LogP contribution in [-0.4, -0.2) is 30.3 Å². The van der Waals surface area contributed by atoms with Gasteiger partial charge in [-0.2, -0.15) is 0 Å². The molecular formula is C20H20N4O3. The van der Waals surface area contributed by atoms with Gasteiger partial charge < -0.3 is 20.1 Å². The van der Waals surface area contributed by atoms with Crippen LogP contribution in [0.5, 0.6) is 11.5 Å². The van der Waals surface area contributed by atoms with Crippen LogP contribution in [0.2, 0.25) is 0 Å². The average molecular weight is 364 g/mol. The quantitative estimate of drug-likeness (QED) is 0.692. The Kier molecular flexibility index (Phi) is 5.51. The number of ether oxygens (including phenoxy) is 2. The molecule has 0 fully saturated rings. The molecule has 0 aliphatic heterocycles. The number of carbonyl (C=O) groups is 1. The number of anilines is 3. The number of hydrogen-bond donors (Lipinski definition) is 2. The monoisotopic (exact) mass is 364 g/mol. The van der Waals surface area contributed by atoms with Gasteiger partial charge in [-0.1, -0.05) is 12.1 Å². The summed E-state index contributed by atoms with van der Waals surface area (Å²) in [6, 6.07) is 16.3. The minimum absolute atomic E-state index is 0.190. The van der Waals surface area contributed by atoms with Crippen molar-refractivity contribution < 1.29 is 14.3 Å². The Hall–Kier alpha value is -3.61. The summed E-state index contributed by atoms with van der Waals surface area (Å²) in [4.78, 5) is 12.5. The zero-order valence-corrected chi connectivity index (χ0v) is 15.3. The van der Waals surface area contributed by atoms with E-state index in [0.717, 1.165) is 11.3 Å². The Morgan fingerprint density at radius 2 is 1.81 bits per heavy atom. The first-order chi connectivity index (χ1) is 13.1. The minimum Gasteiger partial charge on any atom is -0.497 e. The summed E-state index contributed by atoms with van der Waals surface area (Å²) >= 11 is 0. The molecule has 0 radical (unpaired) electrons. The lowest BCUT2D eigenvalue weighted by Gasteiger charge is -2.11. The second-order valence-electron chi connectivity index (χ2n) is 5.82. The van der Waals surface area contributed by atoms with Crippen molar-refractivity contribution in [1.29, 1.82) is 0 Å². The van der Waals surface area contributed by atoms with Crippen LogP contribution in [0.1, 0.15) is 16.1 Å². The molecule has 138 valence electrons. The van der Waals surface area contributed by atoms with Gasteiger partial charge in [0.15, 0.2) is 11.5 Å². The largest absolute Gasteiger partial charge is 0.497 e. The SMILES string of the molecule is COc1ccc(OC)c(NC(=O)c2ccc(Nc3cccc(C)c3)nn2)c1. The fourth-order valence-electron chi connectivity index (χ4n) is 2.49. The summed E-state index contributed by atoms with van der Waals surface area (Å²) in [6.07, 6.45) is 0. The van der Waals surface area contributed by atoms with Gasteiger partial charge in [0.1, 0.15) is 11.5 Å². The number of benzene rings is 2. The van der Waals surface area contributed by atoms with Crippen LogP contribution in [0.25, 0.3) is 0 Å². The number of aromatic nitrogens is 2.